The number of nitrogens with two attached hydrogens (primary N) is 1. The van der Waals surface area contributed by atoms with E-state index in [1.165, 1.54) is 11.0 Å². The van der Waals surface area contributed by atoms with Gasteiger partial charge in [0.2, 0.25) is 0 Å². The van der Waals surface area contributed by atoms with E-state index in [0.29, 0.717) is 6.54 Å². The highest BCUT2D eigenvalue weighted by Gasteiger charge is 1.82. The Balaban J connectivity index is 0. The summed E-state index contributed by atoms with van der Waals surface area (Å²) >= 11 is 1.70. The summed E-state index contributed by atoms with van der Waals surface area (Å²) in [7, 11) is 0. The van der Waals surface area contributed by atoms with Crippen molar-refractivity contribution >= 4 is 17.6 Å². The predicted octanol–water partition coefficient (Wildman–Crippen LogP) is 2.36. The SMILES string of the molecule is CC(C)=CC=O.CCO.NCc1cccs1. The van der Waals surface area contributed by atoms with Crippen LogP contribution in [0.25, 0.3) is 0 Å². The number of aldehydes is 1. The normalized spacial score (nSPS) is 7.81. The smallest absolute Gasteiger partial charge is 0.142 e. The minimum atomic E-state index is 0.250. The van der Waals surface area contributed by atoms with E-state index in [0.717, 1.165) is 11.9 Å². The Bertz CT molecular complexity index is 265. The van der Waals surface area contributed by atoms with E-state index >= 15 is 0 Å². The van der Waals surface area contributed by atoms with Crippen LogP contribution in [0.4, 0.5) is 0 Å². The van der Waals surface area contributed by atoms with Gasteiger partial charge in [-0.15, -0.1) is 11.3 Å². The number of aliphatic hydroxyl groups excluding tert-OH is 1. The third kappa shape index (κ3) is 15.5. The second kappa shape index (κ2) is 14.0. The van der Waals surface area contributed by atoms with Crippen LogP contribution in [0, 0.1) is 0 Å². The van der Waals surface area contributed by atoms with Crippen molar-refractivity contribution in [2.45, 2.75) is 27.3 Å². The van der Waals surface area contributed by atoms with Gasteiger partial charge >= 0.3 is 0 Å². The first-order valence-corrected chi connectivity index (χ1v) is 5.92. The summed E-state index contributed by atoms with van der Waals surface area (Å²) in [5.74, 6) is 0. The van der Waals surface area contributed by atoms with E-state index in [1.807, 2.05) is 31.4 Å². The van der Waals surface area contributed by atoms with Crippen molar-refractivity contribution in [1.29, 1.82) is 0 Å². The molecule has 0 bridgehead atoms. The summed E-state index contributed by atoms with van der Waals surface area (Å²) in [5.41, 5.74) is 6.35. The maximum atomic E-state index is 9.54. The van der Waals surface area contributed by atoms with E-state index in [9.17, 15) is 4.79 Å². The Labute approximate surface area is 102 Å². The van der Waals surface area contributed by atoms with E-state index in [-0.39, 0.29) is 6.61 Å². The Morgan fingerprint density at radius 2 is 2.12 bits per heavy atom. The van der Waals surface area contributed by atoms with E-state index in [2.05, 4.69) is 0 Å². The topological polar surface area (TPSA) is 63.3 Å². The molecule has 0 saturated heterocycles. The van der Waals surface area contributed by atoms with Gasteiger partial charge in [0.1, 0.15) is 6.29 Å². The Morgan fingerprint density at radius 1 is 1.56 bits per heavy atom. The molecule has 0 unspecified atom stereocenters. The number of hydrogen-bond donors (Lipinski definition) is 2. The van der Waals surface area contributed by atoms with Gasteiger partial charge < -0.3 is 10.8 Å². The molecule has 0 spiro atoms. The van der Waals surface area contributed by atoms with Crippen LogP contribution in [0.3, 0.4) is 0 Å². The molecule has 1 aromatic heterocycles. The van der Waals surface area contributed by atoms with Gasteiger partial charge in [0.05, 0.1) is 0 Å². The lowest BCUT2D eigenvalue weighted by molar-refractivity contribution is -0.104. The van der Waals surface area contributed by atoms with E-state index in [4.69, 9.17) is 10.8 Å². The largest absolute Gasteiger partial charge is 0.397 e. The predicted molar refractivity (Wildman–Crippen MR) is 70.5 cm³/mol. The van der Waals surface area contributed by atoms with Gasteiger partial charge in [-0.25, -0.2) is 0 Å². The Morgan fingerprint density at radius 3 is 2.25 bits per heavy atom. The minimum absolute atomic E-state index is 0.250. The zero-order chi connectivity index (χ0) is 12.8. The molecule has 4 heteroatoms. The lowest BCUT2D eigenvalue weighted by Gasteiger charge is -1.79. The Hall–Kier alpha value is -0.970. The van der Waals surface area contributed by atoms with Crippen LogP contribution in [-0.2, 0) is 11.3 Å². The van der Waals surface area contributed by atoms with Gasteiger partial charge in [0.15, 0.2) is 0 Å². The molecule has 0 radical (unpaired) electrons. The molecule has 1 rings (SSSR count). The number of carbonyl (C=O) groups excluding carboxylic acids is 1. The van der Waals surface area contributed by atoms with Crippen molar-refractivity contribution in [2.75, 3.05) is 6.61 Å². The van der Waals surface area contributed by atoms with Crippen molar-refractivity contribution in [3.05, 3.63) is 34.0 Å². The second-order valence-electron chi connectivity index (χ2n) is 2.98. The van der Waals surface area contributed by atoms with Gasteiger partial charge in [-0.2, -0.15) is 0 Å². The molecule has 16 heavy (non-hydrogen) atoms. The summed E-state index contributed by atoms with van der Waals surface area (Å²) in [4.78, 5) is 10.8. The third-order valence-electron chi connectivity index (χ3n) is 1.18. The lowest BCUT2D eigenvalue weighted by atomic mass is 10.3. The van der Waals surface area contributed by atoms with Crippen LogP contribution in [0.15, 0.2) is 29.2 Å². The maximum absolute atomic E-state index is 9.54. The van der Waals surface area contributed by atoms with Crippen LogP contribution in [0.2, 0.25) is 0 Å². The molecular formula is C12H21NO2S. The number of allylic oxidation sites excluding steroid dienone is 2. The summed E-state index contributed by atoms with van der Waals surface area (Å²) in [6.45, 7) is 6.38. The first-order valence-electron chi connectivity index (χ1n) is 5.04. The fourth-order valence-electron chi connectivity index (χ4n) is 0.565. The third-order valence-corrected chi connectivity index (χ3v) is 2.08. The van der Waals surface area contributed by atoms with Crippen LogP contribution in [0.1, 0.15) is 25.6 Å². The number of thiophene rings is 1. The maximum Gasteiger partial charge on any atom is 0.142 e. The molecular weight excluding hydrogens is 222 g/mol. The summed E-state index contributed by atoms with van der Waals surface area (Å²) in [6.07, 6.45) is 2.31. The summed E-state index contributed by atoms with van der Waals surface area (Å²) in [6, 6.07) is 4.04. The second-order valence-corrected chi connectivity index (χ2v) is 4.01. The lowest BCUT2D eigenvalue weighted by Crippen LogP contribution is -1.90. The first-order chi connectivity index (χ1) is 7.62. The van der Waals surface area contributed by atoms with Crippen LogP contribution in [0.5, 0.6) is 0 Å². The zero-order valence-electron chi connectivity index (χ0n) is 10.1. The number of carbonyl (C=O) groups is 1. The number of hydrogen-bond acceptors (Lipinski definition) is 4. The van der Waals surface area contributed by atoms with E-state index < -0.39 is 0 Å². The molecule has 0 aliphatic rings. The van der Waals surface area contributed by atoms with Crippen molar-refractivity contribution in [3.63, 3.8) is 0 Å². The molecule has 1 aromatic rings. The molecule has 0 atom stereocenters. The zero-order valence-corrected chi connectivity index (χ0v) is 11.0. The summed E-state index contributed by atoms with van der Waals surface area (Å²) < 4.78 is 0. The molecule has 0 fully saturated rings. The van der Waals surface area contributed by atoms with Gasteiger partial charge in [-0.3, -0.25) is 4.79 Å². The van der Waals surface area contributed by atoms with Gasteiger partial charge in [-0.05, 0) is 38.3 Å². The molecule has 0 aliphatic carbocycles. The highest BCUT2D eigenvalue weighted by molar-refractivity contribution is 7.09. The molecule has 0 saturated carbocycles. The molecule has 92 valence electrons. The Kier molecular flexibility index (Phi) is 15.3. The van der Waals surface area contributed by atoms with Crippen molar-refractivity contribution < 1.29 is 9.90 Å². The van der Waals surface area contributed by atoms with Crippen LogP contribution < -0.4 is 5.73 Å². The average Bonchev–Trinajstić information content (AvgIpc) is 2.71. The molecule has 0 amide bonds. The first kappa shape index (κ1) is 17.4. The van der Waals surface area contributed by atoms with Crippen LogP contribution >= 0.6 is 11.3 Å². The van der Waals surface area contributed by atoms with Gasteiger partial charge in [0.25, 0.3) is 0 Å². The summed E-state index contributed by atoms with van der Waals surface area (Å²) in [5, 5.41) is 9.60. The quantitative estimate of drug-likeness (QED) is 0.619. The van der Waals surface area contributed by atoms with Crippen molar-refractivity contribution in [1.82, 2.24) is 0 Å². The highest BCUT2D eigenvalue weighted by Crippen LogP contribution is 2.05. The highest BCUT2D eigenvalue weighted by atomic mass is 32.1. The van der Waals surface area contributed by atoms with Crippen LogP contribution in [-0.4, -0.2) is 18.0 Å². The van der Waals surface area contributed by atoms with Crippen molar-refractivity contribution in [2.24, 2.45) is 5.73 Å². The molecule has 1 heterocycles. The fourth-order valence-corrected chi connectivity index (χ4v) is 1.15. The van der Waals surface area contributed by atoms with E-state index in [1.54, 1.807) is 18.3 Å². The average molecular weight is 243 g/mol. The molecule has 0 aromatic carbocycles. The number of aliphatic hydroxyl groups is 1. The minimum Gasteiger partial charge on any atom is -0.397 e. The molecule has 0 aliphatic heterocycles. The van der Waals surface area contributed by atoms with Gasteiger partial charge in [0, 0.05) is 18.0 Å². The monoisotopic (exact) mass is 243 g/mol. The van der Waals surface area contributed by atoms with Gasteiger partial charge in [-0.1, -0.05) is 11.6 Å². The fraction of sp³-hybridized carbons (Fsp3) is 0.417. The van der Waals surface area contributed by atoms with Crippen molar-refractivity contribution in [3.8, 4) is 0 Å². The number of rotatable bonds is 2. The standard InChI is InChI=1S/C5H7NS.C5H8O.C2H6O/c6-4-5-2-1-3-7-5;1-5(2)3-4-6;1-2-3/h1-3H,4,6H2;3-4H,1-2H3;3H,2H2,1H3. The molecule has 3 N–H and O–H groups in total. The molecule has 3 nitrogen and oxygen atoms in total.